The average Bonchev–Trinajstić information content (AvgIpc) is 3.44. The molecule has 0 fully saturated rings. The molecule has 0 bridgehead atoms. The predicted octanol–water partition coefficient (Wildman–Crippen LogP) is 4.01. The molecule has 1 aliphatic rings. The lowest BCUT2D eigenvalue weighted by molar-refractivity contribution is 0.0943. The molecule has 3 heterocycles. The van der Waals surface area contributed by atoms with Crippen molar-refractivity contribution in [2.45, 2.75) is 12.6 Å². The fraction of sp³-hybridized carbons (Fsp3) is 0.0769. The lowest BCUT2D eigenvalue weighted by Crippen LogP contribution is -2.28. The first-order chi connectivity index (χ1) is 16.2. The molecule has 3 aromatic heterocycles. The van der Waals surface area contributed by atoms with Crippen molar-refractivity contribution in [3.63, 3.8) is 0 Å². The first-order valence-corrected chi connectivity index (χ1v) is 10.6. The molecule has 1 amide bonds. The summed E-state index contributed by atoms with van der Waals surface area (Å²) in [6, 6.07) is 19.0. The van der Waals surface area contributed by atoms with Crippen molar-refractivity contribution in [1.82, 2.24) is 25.3 Å². The highest BCUT2D eigenvalue weighted by Gasteiger charge is 2.32. The number of nitrogens with zero attached hydrogens (tertiary/aromatic N) is 3. The van der Waals surface area contributed by atoms with E-state index in [9.17, 15) is 9.90 Å². The molecule has 0 radical (unpaired) electrons. The minimum atomic E-state index is -0.305. The number of hydrogen-bond donors (Lipinski definition) is 3. The highest BCUT2D eigenvalue weighted by Crippen LogP contribution is 2.47. The second-order valence-electron chi connectivity index (χ2n) is 7.94. The van der Waals surface area contributed by atoms with Gasteiger partial charge in [-0.1, -0.05) is 42.5 Å². The van der Waals surface area contributed by atoms with Crippen LogP contribution in [0.5, 0.6) is 0 Å². The van der Waals surface area contributed by atoms with Crippen LogP contribution in [-0.2, 0) is 6.61 Å². The Morgan fingerprint density at radius 1 is 1.00 bits per heavy atom. The van der Waals surface area contributed by atoms with E-state index in [4.69, 9.17) is 4.98 Å². The fourth-order valence-electron chi connectivity index (χ4n) is 4.51. The number of aromatic amines is 1. The second kappa shape index (κ2) is 7.65. The Balaban J connectivity index is 1.46. The standard InChI is InChI=1S/C26H19N5O2/c32-14-16-12-15(8-11-28-16)26(33)31-24-18-5-2-1-4-17(18)23-19(24)6-3-7-20(23)25-29-21-9-10-27-13-22(21)30-25/h1-13,24,32H,14H2,(H,29,30)(H,31,33)/t24-/m1/s1. The molecule has 7 nitrogen and oxygen atoms in total. The molecule has 6 rings (SSSR count). The molecule has 0 aliphatic heterocycles. The Labute approximate surface area is 189 Å². The van der Waals surface area contributed by atoms with Gasteiger partial charge in [-0.2, -0.15) is 0 Å². The molecular formula is C26H19N5O2. The van der Waals surface area contributed by atoms with Crippen LogP contribution >= 0.6 is 0 Å². The third kappa shape index (κ3) is 3.18. The van der Waals surface area contributed by atoms with Gasteiger partial charge in [0.1, 0.15) is 5.82 Å². The van der Waals surface area contributed by atoms with Crippen molar-refractivity contribution in [3.05, 3.63) is 102 Å². The highest BCUT2D eigenvalue weighted by atomic mass is 16.3. The molecule has 7 heteroatoms. The van der Waals surface area contributed by atoms with Crippen LogP contribution in [0, 0.1) is 0 Å². The molecule has 33 heavy (non-hydrogen) atoms. The van der Waals surface area contributed by atoms with E-state index in [0.29, 0.717) is 11.3 Å². The van der Waals surface area contributed by atoms with E-state index in [2.05, 4.69) is 26.3 Å². The van der Waals surface area contributed by atoms with Crippen molar-refractivity contribution >= 4 is 16.9 Å². The van der Waals surface area contributed by atoms with Crippen molar-refractivity contribution in [2.75, 3.05) is 0 Å². The van der Waals surface area contributed by atoms with E-state index in [0.717, 1.165) is 44.7 Å². The Kier molecular flexibility index (Phi) is 4.48. The van der Waals surface area contributed by atoms with Crippen molar-refractivity contribution < 1.29 is 9.90 Å². The van der Waals surface area contributed by atoms with Crippen LogP contribution in [0.25, 0.3) is 33.5 Å². The number of pyridine rings is 2. The number of rotatable bonds is 4. The number of carbonyl (C=O) groups excluding carboxylic acids is 1. The van der Waals surface area contributed by atoms with E-state index in [1.807, 2.05) is 42.5 Å². The molecule has 5 aromatic rings. The van der Waals surface area contributed by atoms with Crippen LogP contribution in [0.15, 0.2) is 79.3 Å². The average molecular weight is 433 g/mol. The summed E-state index contributed by atoms with van der Waals surface area (Å²) in [4.78, 5) is 29.5. The van der Waals surface area contributed by atoms with Crippen LogP contribution in [0.4, 0.5) is 0 Å². The number of aliphatic hydroxyl groups is 1. The van der Waals surface area contributed by atoms with Gasteiger partial charge >= 0.3 is 0 Å². The summed E-state index contributed by atoms with van der Waals surface area (Å²) in [5, 5.41) is 12.5. The van der Waals surface area contributed by atoms with E-state index in [-0.39, 0.29) is 18.6 Å². The summed E-state index contributed by atoms with van der Waals surface area (Å²) >= 11 is 0. The van der Waals surface area contributed by atoms with Crippen LogP contribution in [0.3, 0.4) is 0 Å². The van der Waals surface area contributed by atoms with Crippen molar-refractivity contribution in [1.29, 1.82) is 0 Å². The molecule has 3 N–H and O–H groups in total. The topological polar surface area (TPSA) is 104 Å². The summed E-state index contributed by atoms with van der Waals surface area (Å²) in [5.74, 6) is 0.540. The first kappa shape index (κ1) is 19.3. The minimum Gasteiger partial charge on any atom is -0.390 e. The normalized spacial score (nSPS) is 14.2. The summed E-state index contributed by atoms with van der Waals surface area (Å²) in [6.07, 6.45) is 5.03. The number of nitrogens with one attached hydrogen (secondary N) is 2. The number of benzene rings is 2. The van der Waals surface area contributed by atoms with Gasteiger partial charge in [-0.25, -0.2) is 4.98 Å². The van der Waals surface area contributed by atoms with Gasteiger partial charge < -0.3 is 15.4 Å². The Bertz CT molecular complexity index is 1490. The van der Waals surface area contributed by atoms with E-state index in [1.54, 1.807) is 24.5 Å². The van der Waals surface area contributed by atoms with Gasteiger partial charge in [0.25, 0.3) is 5.91 Å². The maximum Gasteiger partial charge on any atom is 0.252 e. The summed E-state index contributed by atoms with van der Waals surface area (Å²) in [5.41, 5.74) is 7.77. The minimum absolute atomic E-state index is 0.216. The highest BCUT2D eigenvalue weighted by molar-refractivity contribution is 5.97. The number of aromatic nitrogens is 4. The largest absolute Gasteiger partial charge is 0.390 e. The summed E-state index contributed by atoms with van der Waals surface area (Å²) in [7, 11) is 0. The van der Waals surface area contributed by atoms with E-state index < -0.39 is 0 Å². The molecule has 0 saturated heterocycles. The lowest BCUT2D eigenvalue weighted by atomic mass is 9.98. The quantitative estimate of drug-likeness (QED) is 0.397. The molecule has 1 aliphatic carbocycles. The fourth-order valence-corrected chi connectivity index (χ4v) is 4.51. The van der Waals surface area contributed by atoms with Gasteiger partial charge in [-0.05, 0) is 40.5 Å². The van der Waals surface area contributed by atoms with Crippen molar-refractivity contribution in [2.24, 2.45) is 0 Å². The predicted molar refractivity (Wildman–Crippen MR) is 124 cm³/mol. The number of imidazole rings is 1. The van der Waals surface area contributed by atoms with Gasteiger partial charge in [0.2, 0.25) is 0 Å². The Morgan fingerprint density at radius 2 is 1.85 bits per heavy atom. The SMILES string of the molecule is O=C(N[C@@H]1c2ccccc2-c2c(-c3nc4ccncc4[nH]3)cccc21)c1ccnc(CO)c1. The Hall–Kier alpha value is -4.36. The lowest BCUT2D eigenvalue weighted by Gasteiger charge is -2.16. The van der Waals surface area contributed by atoms with E-state index in [1.165, 1.54) is 6.20 Å². The molecule has 0 spiro atoms. The zero-order valence-electron chi connectivity index (χ0n) is 17.5. The summed E-state index contributed by atoms with van der Waals surface area (Å²) < 4.78 is 0. The number of hydrogen-bond acceptors (Lipinski definition) is 5. The van der Waals surface area contributed by atoms with Crippen LogP contribution in [0.2, 0.25) is 0 Å². The van der Waals surface area contributed by atoms with Gasteiger partial charge in [-0.3, -0.25) is 14.8 Å². The first-order valence-electron chi connectivity index (χ1n) is 10.6. The zero-order chi connectivity index (χ0) is 22.4. The van der Waals surface area contributed by atoms with Gasteiger partial charge in [0, 0.05) is 23.5 Å². The zero-order valence-corrected chi connectivity index (χ0v) is 17.5. The summed E-state index contributed by atoms with van der Waals surface area (Å²) in [6.45, 7) is -0.216. The van der Waals surface area contributed by atoms with Crippen LogP contribution in [0.1, 0.15) is 33.2 Å². The number of fused-ring (bicyclic) bond motifs is 4. The molecule has 2 aromatic carbocycles. The van der Waals surface area contributed by atoms with E-state index >= 15 is 0 Å². The number of amides is 1. The maximum absolute atomic E-state index is 13.1. The van der Waals surface area contributed by atoms with Crippen LogP contribution < -0.4 is 5.32 Å². The van der Waals surface area contributed by atoms with Gasteiger partial charge in [-0.15, -0.1) is 0 Å². The smallest absolute Gasteiger partial charge is 0.252 e. The second-order valence-corrected chi connectivity index (χ2v) is 7.94. The third-order valence-electron chi connectivity index (χ3n) is 6.00. The molecule has 0 saturated carbocycles. The maximum atomic E-state index is 13.1. The Morgan fingerprint density at radius 3 is 2.73 bits per heavy atom. The molecule has 1 atom stereocenters. The van der Waals surface area contributed by atoms with Crippen molar-refractivity contribution in [3.8, 4) is 22.5 Å². The van der Waals surface area contributed by atoms with Gasteiger partial charge in [0.05, 0.1) is 35.6 Å². The monoisotopic (exact) mass is 433 g/mol. The number of carbonyl (C=O) groups is 1. The molecule has 160 valence electrons. The number of H-pyrrole nitrogens is 1. The van der Waals surface area contributed by atoms with Crippen LogP contribution in [-0.4, -0.2) is 30.9 Å². The molecular weight excluding hydrogens is 414 g/mol. The molecule has 0 unspecified atom stereocenters. The van der Waals surface area contributed by atoms with Gasteiger partial charge in [0.15, 0.2) is 0 Å². The number of aliphatic hydroxyl groups excluding tert-OH is 1. The third-order valence-corrected chi connectivity index (χ3v) is 6.00.